The molecule has 25 heavy (non-hydrogen) atoms. The summed E-state index contributed by atoms with van der Waals surface area (Å²) >= 11 is 0. The minimum atomic E-state index is -0.383. The van der Waals surface area contributed by atoms with Crippen LogP contribution in [0.4, 0.5) is 5.69 Å². The van der Waals surface area contributed by atoms with E-state index in [0.29, 0.717) is 0 Å². The number of nitrogens with one attached hydrogen (secondary N) is 1. The molecule has 0 amide bonds. The van der Waals surface area contributed by atoms with E-state index in [2.05, 4.69) is 36.3 Å². The Labute approximate surface area is 146 Å². The fraction of sp³-hybridized carbons (Fsp3) is 0.211. The van der Waals surface area contributed by atoms with E-state index in [9.17, 15) is 10.1 Å². The molecule has 2 atom stereocenters. The summed E-state index contributed by atoms with van der Waals surface area (Å²) in [7, 11) is 0. The molecular weight excluding hydrogens is 316 g/mol. The van der Waals surface area contributed by atoms with Crippen molar-refractivity contribution in [2.75, 3.05) is 0 Å². The van der Waals surface area contributed by atoms with E-state index in [1.807, 2.05) is 22.9 Å². The molecule has 0 spiro atoms. The van der Waals surface area contributed by atoms with E-state index in [1.54, 1.807) is 24.7 Å². The van der Waals surface area contributed by atoms with E-state index >= 15 is 0 Å². The van der Waals surface area contributed by atoms with Crippen LogP contribution in [0.2, 0.25) is 0 Å². The van der Waals surface area contributed by atoms with Gasteiger partial charge in [0, 0.05) is 42.3 Å². The molecule has 0 unspecified atom stereocenters. The summed E-state index contributed by atoms with van der Waals surface area (Å²) in [5, 5.41) is 14.3. The quantitative estimate of drug-likeness (QED) is 0.541. The van der Waals surface area contributed by atoms with Crippen LogP contribution in [0.1, 0.15) is 37.1 Å². The zero-order chi connectivity index (χ0) is 17.8. The molecule has 3 aromatic rings. The molecule has 6 heteroatoms. The van der Waals surface area contributed by atoms with Crippen LogP contribution in [0, 0.1) is 10.1 Å². The van der Waals surface area contributed by atoms with Crippen LogP contribution in [0.5, 0.6) is 0 Å². The van der Waals surface area contributed by atoms with Crippen molar-refractivity contribution in [3.05, 3.63) is 88.5 Å². The predicted octanol–water partition coefficient (Wildman–Crippen LogP) is 4.19. The average molecular weight is 336 g/mol. The zero-order valence-corrected chi connectivity index (χ0v) is 14.2. The molecule has 0 aliphatic carbocycles. The van der Waals surface area contributed by atoms with Gasteiger partial charge in [0.05, 0.1) is 11.3 Å². The lowest BCUT2D eigenvalue weighted by atomic mass is 10.0. The van der Waals surface area contributed by atoms with Gasteiger partial charge in [-0.2, -0.15) is 0 Å². The number of nitro benzene ring substituents is 1. The molecule has 0 bridgehead atoms. The Morgan fingerprint density at radius 2 is 1.80 bits per heavy atom. The van der Waals surface area contributed by atoms with E-state index in [-0.39, 0.29) is 22.7 Å². The summed E-state index contributed by atoms with van der Waals surface area (Å²) < 4.78 is 1.97. The summed E-state index contributed by atoms with van der Waals surface area (Å²) in [4.78, 5) is 14.5. The molecule has 6 nitrogen and oxygen atoms in total. The molecular formula is C19H20N4O2. The number of rotatable bonds is 6. The van der Waals surface area contributed by atoms with Gasteiger partial charge >= 0.3 is 0 Å². The Bertz CT molecular complexity index is 844. The van der Waals surface area contributed by atoms with Gasteiger partial charge in [-0.1, -0.05) is 24.3 Å². The lowest BCUT2D eigenvalue weighted by molar-refractivity contribution is -0.384. The first-order valence-corrected chi connectivity index (χ1v) is 8.13. The molecule has 1 aromatic heterocycles. The Balaban J connectivity index is 1.72. The number of hydrogen-bond donors (Lipinski definition) is 1. The number of non-ortho nitro benzene ring substituents is 1. The van der Waals surface area contributed by atoms with Gasteiger partial charge in [0.1, 0.15) is 0 Å². The summed E-state index contributed by atoms with van der Waals surface area (Å²) in [6, 6.07) is 15.2. The SMILES string of the molecule is C[C@@H](N[C@H](C)c1cccc(-n2ccnc2)c1)c1ccc([N+](=O)[O-])cc1. The third kappa shape index (κ3) is 3.92. The van der Waals surface area contributed by atoms with Crippen molar-refractivity contribution < 1.29 is 4.92 Å². The monoisotopic (exact) mass is 336 g/mol. The third-order valence-corrected chi connectivity index (χ3v) is 4.28. The fourth-order valence-electron chi connectivity index (χ4n) is 2.82. The van der Waals surface area contributed by atoms with E-state index < -0.39 is 0 Å². The number of aromatic nitrogens is 2. The lowest BCUT2D eigenvalue weighted by Crippen LogP contribution is -2.22. The van der Waals surface area contributed by atoms with Gasteiger partial charge in [0.15, 0.2) is 0 Å². The van der Waals surface area contributed by atoms with Crippen LogP contribution in [-0.2, 0) is 0 Å². The molecule has 1 N–H and O–H groups in total. The molecule has 3 rings (SSSR count). The Morgan fingerprint density at radius 1 is 1.08 bits per heavy atom. The fourth-order valence-corrected chi connectivity index (χ4v) is 2.82. The number of hydrogen-bond acceptors (Lipinski definition) is 4. The van der Waals surface area contributed by atoms with Gasteiger partial charge in [-0.25, -0.2) is 4.98 Å². The standard InChI is InChI=1S/C19H20N4O2/c1-14(16-6-8-18(9-7-16)23(24)25)21-15(2)17-4-3-5-19(12-17)22-11-10-20-13-22/h3-15,21H,1-2H3/t14-,15-/m1/s1. The molecule has 0 fully saturated rings. The van der Waals surface area contributed by atoms with Crippen molar-refractivity contribution in [1.82, 2.24) is 14.9 Å². The molecule has 2 aromatic carbocycles. The minimum absolute atomic E-state index is 0.0766. The smallest absolute Gasteiger partial charge is 0.269 e. The lowest BCUT2D eigenvalue weighted by Gasteiger charge is -2.21. The highest BCUT2D eigenvalue weighted by molar-refractivity contribution is 5.37. The maximum atomic E-state index is 10.8. The van der Waals surface area contributed by atoms with E-state index in [0.717, 1.165) is 11.3 Å². The highest BCUT2D eigenvalue weighted by Crippen LogP contribution is 2.23. The number of nitro groups is 1. The summed E-state index contributed by atoms with van der Waals surface area (Å²) in [6.07, 6.45) is 5.44. The second-order valence-electron chi connectivity index (χ2n) is 6.02. The first kappa shape index (κ1) is 16.9. The molecule has 0 radical (unpaired) electrons. The van der Waals surface area contributed by atoms with Crippen molar-refractivity contribution in [2.24, 2.45) is 0 Å². The minimum Gasteiger partial charge on any atom is -0.306 e. The van der Waals surface area contributed by atoms with E-state index in [1.165, 1.54) is 17.7 Å². The van der Waals surface area contributed by atoms with Crippen LogP contribution in [0.15, 0.2) is 67.3 Å². The molecule has 0 saturated carbocycles. The summed E-state index contributed by atoms with van der Waals surface area (Å²) in [5.74, 6) is 0. The first-order chi connectivity index (χ1) is 12.0. The molecule has 128 valence electrons. The molecule has 0 saturated heterocycles. The average Bonchev–Trinajstić information content (AvgIpc) is 3.16. The van der Waals surface area contributed by atoms with Gasteiger partial charge < -0.3 is 9.88 Å². The van der Waals surface area contributed by atoms with Crippen molar-refractivity contribution in [3.8, 4) is 5.69 Å². The molecule has 1 heterocycles. The van der Waals surface area contributed by atoms with Crippen LogP contribution in [0.3, 0.4) is 0 Å². The van der Waals surface area contributed by atoms with Crippen LogP contribution < -0.4 is 5.32 Å². The largest absolute Gasteiger partial charge is 0.306 e. The number of benzene rings is 2. The Hall–Kier alpha value is -2.99. The van der Waals surface area contributed by atoms with Crippen LogP contribution in [0.25, 0.3) is 5.69 Å². The van der Waals surface area contributed by atoms with Gasteiger partial charge in [-0.15, -0.1) is 0 Å². The third-order valence-electron chi connectivity index (χ3n) is 4.28. The van der Waals surface area contributed by atoms with Crippen LogP contribution >= 0.6 is 0 Å². The number of nitrogens with zero attached hydrogens (tertiary/aromatic N) is 3. The molecule has 0 aliphatic rings. The Kier molecular flexibility index (Phi) is 4.90. The number of imidazole rings is 1. The molecule has 0 aliphatic heterocycles. The van der Waals surface area contributed by atoms with Crippen LogP contribution in [-0.4, -0.2) is 14.5 Å². The highest BCUT2D eigenvalue weighted by Gasteiger charge is 2.13. The van der Waals surface area contributed by atoms with Crippen molar-refractivity contribution in [3.63, 3.8) is 0 Å². The maximum Gasteiger partial charge on any atom is 0.269 e. The zero-order valence-electron chi connectivity index (χ0n) is 14.2. The van der Waals surface area contributed by atoms with E-state index in [4.69, 9.17) is 0 Å². The van der Waals surface area contributed by atoms with Gasteiger partial charge in [0.25, 0.3) is 5.69 Å². The predicted molar refractivity (Wildman–Crippen MR) is 96.6 cm³/mol. The first-order valence-electron chi connectivity index (χ1n) is 8.13. The summed E-state index contributed by atoms with van der Waals surface area (Å²) in [5.41, 5.74) is 3.35. The maximum absolute atomic E-state index is 10.8. The Morgan fingerprint density at radius 3 is 2.44 bits per heavy atom. The second kappa shape index (κ2) is 7.27. The second-order valence-corrected chi connectivity index (χ2v) is 6.02. The highest BCUT2D eigenvalue weighted by atomic mass is 16.6. The van der Waals surface area contributed by atoms with Gasteiger partial charge in [-0.05, 0) is 37.1 Å². The summed E-state index contributed by atoms with van der Waals surface area (Å²) in [6.45, 7) is 4.16. The van der Waals surface area contributed by atoms with Gasteiger partial charge in [-0.3, -0.25) is 10.1 Å². The van der Waals surface area contributed by atoms with Crippen molar-refractivity contribution in [1.29, 1.82) is 0 Å². The topological polar surface area (TPSA) is 73.0 Å². The normalized spacial score (nSPS) is 13.4. The van der Waals surface area contributed by atoms with Crippen molar-refractivity contribution >= 4 is 5.69 Å². The van der Waals surface area contributed by atoms with Gasteiger partial charge in [0.2, 0.25) is 0 Å². The van der Waals surface area contributed by atoms with Crippen molar-refractivity contribution in [2.45, 2.75) is 25.9 Å².